The molecule has 0 saturated heterocycles. The van der Waals surface area contributed by atoms with E-state index in [2.05, 4.69) is 5.32 Å². The number of nitrogens with zero attached hydrogens (tertiary/aromatic N) is 2. The summed E-state index contributed by atoms with van der Waals surface area (Å²) in [6, 6.07) is 10.7. The van der Waals surface area contributed by atoms with Crippen LogP contribution in [-0.4, -0.2) is 36.5 Å². The van der Waals surface area contributed by atoms with E-state index in [0.29, 0.717) is 17.1 Å². The van der Waals surface area contributed by atoms with Gasteiger partial charge in [0, 0.05) is 18.8 Å². The zero-order chi connectivity index (χ0) is 19.6. The first-order chi connectivity index (χ1) is 12.9. The summed E-state index contributed by atoms with van der Waals surface area (Å²) >= 11 is 0. The molecule has 2 aromatic carbocycles. The number of benzene rings is 2. The minimum Gasteiger partial charge on any atom is -0.479 e. The van der Waals surface area contributed by atoms with E-state index < -0.39 is 23.5 Å². The monoisotopic (exact) mass is 371 g/mol. The molecule has 1 heterocycles. The van der Waals surface area contributed by atoms with Gasteiger partial charge in [0.2, 0.25) is 0 Å². The molecule has 9 nitrogen and oxygen atoms in total. The van der Waals surface area contributed by atoms with E-state index in [1.165, 1.54) is 23.1 Å². The average Bonchev–Trinajstić information content (AvgIpc) is 2.65. The van der Waals surface area contributed by atoms with Crippen LogP contribution in [0, 0.1) is 10.1 Å². The Balaban J connectivity index is 1.67. The van der Waals surface area contributed by atoms with Gasteiger partial charge in [0.05, 0.1) is 10.6 Å². The quantitative estimate of drug-likeness (QED) is 0.638. The molecule has 0 aromatic heterocycles. The lowest BCUT2D eigenvalue weighted by Gasteiger charge is -2.30. The van der Waals surface area contributed by atoms with Crippen LogP contribution in [0.4, 0.5) is 17.1 Å². The molecule has 140 valence electrons. The molecule has 3 rings (SSSR count). The van der Waals surface area contributed by atoms with Gasteiger partial charge in [0.25, 0.3) is 11.8 Å². The highest BCUT2D eigenvalue weighted by Gasteiger charge is 2.29. The molecule has 27 heavy (non-hydrogen) atoms. The molecular formula is C18H17N3O6. The van der Waals surface area contributed by atoms with Gasteiger partial charge in [-0.25, -0.2) is 0 Å². The lowest BCUT2D eigenvalue weighted by molar-refractivity contribution is -0.385. The summed E-state index contributed by atoms with van der Waals surface area (Å²) in [6.07, 6.45) is -0.571. The molecule has 0 spiro atoms. The predicted octanol–water partition coefficient (Wildman–Crippen LogP) is 2.36. The van der Waals surface area contributed by atoms with Gasteiger partial charge in [-0.2, -0.15) is 0 Å². The fourth-order valence-corrected chi connectivity index (χ4v) is 2.66. The third-order valence-electron chi connectivity index (χ3n) is 4.01. The lowest BCUT2D eigenvalue weighted by Crippen LogP contribution is -2.42. The summed E-state index contributed by atoms with van der Waals surface area (Å²) in [5, 5.41) is 13.6. The molecular weight excluding hydrogens is 354 g/mol. The van der Waals surface area contributed by atoms with Crippen LogP contribution in [0.15, 0.2) is 42.5 Å². The highest BCUT2D eigenvalue weighted by atomic mass is 16.6. The summed E-state index contributed by atoms with van der Waals surface area (Å²) in [5.74, 6) is -0.132. The first kappa shape index (κ1) is 18.2. The fraction of sp³-hybridized carbons (Fsp3) is 0.222. The van der Waals surface area contributed by atoms with Crippen molar-refractivity contribution < 1.29 is 24.0 Å². The molecule has 0 aliphatic carbocycles. The van der Waals surface area contributed by atoms with Crippen molar-refractivity contribution in [2.75, 3.05) is 23.9 Å². The Morgan fingerprint density at radius 3 is 2.81 bits per heavy atom. The Hall–Kier alpha value is -3.62. The van der Waals surface area contributed by atoms with Crippen molar-refractivity contribution in [1.82, 2.24) is 0 Å². The van der Waals surface area contributed by atoms with E-state index in [9.17, 15) is 19.7 Å². The topological polar surface area (TPSA) is 111 Å². The molecule has 2 aromatic rings. The zero-order valence-electron chi connectivity index (χ0n) is 14.7. The van der Waals surface area contributed by atoms with E-state index >= 15 is 0 Å². The van der Waals surface area contributed by atoms with Crippen molar-refractivity contribution in [2.24, 2.45) is 0 Å². The maximum Gasteiger partial charge on any atom is 0.310 e. The van der Waals surface area contributed by atoms with E-state index in [1.807, 2.05) is 0 Å². The van der Waals surface area contributed by atoms with Crippen LogP contribution in [0.1, 0.15) is 6.92 Å². The maximum absolute atomic E-state index is 12.1. The second-order valence-corrected chi connectivity index (χ2v) is 5.90. The third kappa shape index (κ3) is 3.81. The molecule has 0 saturated carbocycles. The van der Waals surface area contributed by atoms with Gasteiger partial charge in [0.15, 0.2) is 18.5 Å². The minimum atomic E-state index is -0.579. The zero-order valence-corrected chi connectivity index (χ0v) is 14.7. The number of fused-ring (bicyclic) bond motifs is 1. The van der Waals surface area contributed by atoms with Gasteiger partial charge < -0.3 is 19.7 Å². The smallest absolute Gasteiger partial charge is 0.310 e. The molecule has 1 atom stereocenters. The third-order valence-corrected chi connectivity index (χ3v) is 4.01. The van der Waals surface area contributed by atoms with E-state index in [-0.39, 0.29) is 17.3 Å². The van der Waals surface area contributed by atoms with Crippen LogP contribution in [0.2, 0.25) is 0 Å². The number of nitro benzene ring substituents is 1. The first-order valence-corrected chi connectivity index (χ1v) is 8.11. The highest BCUT2D eigenvalue weighted by molar-refractivity contribution is 6.00. The second-order valence-electron chi connectivity index (χ2n) is 5.90. The molecule has 0 unspecified atom stereocenters. The summed E-state index contributed by atoms with van der Waals surface area (Å²) in [4.78, 5) is 36.0. The van der Waals surface area contributed by atoms with E-state index in [4.69, 9.17) is 9.47 Å². The highest BCUT2D eigenvalue weighted by Crippen LogP contribution is 2.35. The van der Waals surface area contributed by atoms with Gasteiger partial charge in [-0.1, -0.05) is 12.1 Å². The number of amides is 2. The SMILES string of the molecule is C[C@H]1Oc2ccc(NC(=O)COc3ccccc3[N+](=O)[O-])cc2N(C)C1=O. The normalized spacial score (nSPS) is 15.6. The Morgan fingerprint density at radius 2 is 2.07 bits per heavy atom. The molecule has 1 aliphatic heterocycles. The summed E-state index contributed by atoms with van der Waals surface area (Å²) in [7, 11) is 1.63. The predicted molar refractivity (Wildman–Crippen MR) is 97.2 cm³/mol. The molecule has 1 N–H and O–H groups in total. The standard InChI is InChI=1S/C18H17N3O6/c1-11-18(23)20(2)14-9-12(7-8-16(14)27-11)19-17(22)10-26-15-6-4-3-5-13(15)21(24)25/h3-9,11H,10H2,1-2H3,(H,19,22)/t11-/m1/s1. The number of carbonyl (C=O) groups excluding carboxylic acids is 2. The van der Waals surface area contributed by atoms with E-state index in [0.717, 1.165) is 0 Å². The van der Waals surface area contributed by atoms with Gasteiger partial charge >= 0.3 is 5.69 Å². The number of hydrogen-bond acceptors (Lipinski definition) is 6. The van der Waals surface area contributed by atoms with Gasteiger partial charge in [0.1, 0.15) is 5.75 Å². The number of likely N-dealkylation sites (N-methyl/N-ethyl adjacent to an activating group) is 1. The number of rotatable bonds is 5. The van der Waals surface area contributed by atoms with Crippen molar-refractivity contribution in [3.8, 4) is 11.5 Å². The molecule has 0 fully saturated rings. The first-order valence-electron chi connectivity index (χ1n) is 8.11. The molecule has 2 amide bonds. The minimum absolute atomic E-state index is 0.0100. The average molecular weight is 371 g/mol. The van der Waals surface area contributed by atoms with Gasteiger partial charge in [-0.3, -0.25) is 19.7 Å². The summed E-state index contributed by atoms with van der Waals surface area (Å²) < 4.78 is 10.8. The van der Waals surface area contributed by atoms with Crippen LogP contribution < -0.4 is 19.7 Å². The molecule has 1 aliphatic rings. The lowest BCUT2D eigenvalue weighted by atomic mass is 10.2. The van der Waals surface area contributed by atoms with Gasteiger partial charge in [-0.05, 0) is 31.2 Å². The number of carbonyl (C=O) groups is 2. The van der Waals surface area contributed by atoms with Crippen molar-refractivity contribution in [1.29, 1.82) is 0 Å². The number of nitrogens with one attached hydrogen (secondary N) is 1. The largest absolute Gasteiger partial charge is 0.479 e. The van der Waals surface area contributed by atoms with Gasteiger partial charge in [-0.15, -0.1) is 0 Å². The van der Waals surface area contributed by atoms with Crippen molar-refractivity contribution in [3.05, 3.63) is 52.6 Å². The number of ether oxygens (including phenoxy) is 2. The number of nitro groups is 1. The van der Waals surface area contributed by atoms with Crippen molar-refractivity contribution in [3.63, 3.8) is 0 Å². The maximum atomic E-state index is 12.1. The van der Waals surface area contributed by atoms with E-state index in [1.54, 1.807) is 38.2 Å². The number of para-hydroxylation sites is 2. The number of anilines is 2. The van der Waals surface area contributed by atoms with Crippen LogP contribution in [-0.2, 0) is 9.59 Å². The molecule has 0 radical (unpaired) electrons. The van der Waals surface area contributed by atoms with Crippen molar-refractivity contribution in [2.45, 2.75) is 13.0 Å². The summed E-state index contributed by atoms with van der Waals surface area (Å²) in [5.41, 5.74) is 0.767. The van der Waals surface area contributed by atoms with Crippen LogP contribution in [0.5, 0.6) is 11.5 Å². The Kier molecular flexibility index (Phi) is 4.93. The van der Waals surface area contributed by atoms with Crippen molar-refractivity contribution >= 4 is 28.9 Å². The fourth-order valence-electron chi connectivity index (χ4n) is 2.66. The Bertz CT molecular complexity index is 914. The second kappa shape index (κ2) is 7.32. The Labute approximate surface area is 154 Å². The van der Waals surface area contributed by atoms with Crippen LogP contribution >= 0.6 is 0 Å². The Morgan fingerprint density at radius 1 is 1.33 bits per heavy atom. The van der Waals surface area contributed by atoms with Crippen LogP contribution in [0.3, 0.4) is 0 Å². The summed E-state index contributed by atoms with van der Waals surface area (Å²) in [6.45, 7) is 1.27. The van der Waals surface area contributed by atoms with Crippen LogP contribution in [0.25, 0.3) is 0 Å². The number of hydrogen-bond donors (Lipinski definition) is 1. The molecule has 0 bridgehead atoms. The molecule has 9 heteroatoms.